The van der Waals surface area contributed by atoms with Gasteiger partial charge < -0.3 is 9.64 Å². The molecule has 3 aliphatic heterocycles. The lowest BCUT2D eigenvalue weighted by Gasteiger charge is -2.32. The molecule has 2 aromatic rings. The van der Waals surface area contributed by atoms with E-state index in [1.165, 1.54) is 30.4 Å². The van der Waals surface area contributed by atoms with Crippen LogP contribution >= 0.6 is 22.9 Å². The average molecular weight is 446 g/mol. The van der Waals surface area contributed by atoms with Gasteiger partial charge in [-0.25, -0.2) is 9.37 Å². The molecule has 1 aromatic heterocycles. The fourth-order valence-electron chi connectivity index (χ4n) is 4.50. The number of ether oxygens (including phenoxy) is 1. The second kappa shape index (κ2) is 6.99. The number of allylic oxidation sites excluding steroid dienone is 1. The van der Waals surface area contributed by atoms with E-state index in [0.717, 1.165) is 5.70 Å². The van der Waals surface area contributed by atoms with Crippen LogP contribution in [0, 0.1) is 11.2 Å². The third-order valence-corrected chi connectivity index (χ3v) is 6.87. The number of thiazole rings is 1. The molecule has 5 rings (SSSR count). The highest BCUT2D eigenvalue weighted by atomic mass is 35.5. The van der Waals surface area contributed by atoms with E-state index in [2.05, 4.69) is 4.98 Å². The van der Waals surface area contributed by atoms with Gasteiger partial charge in [0.25, 0.3) is 0 Å². The summed E-state index contributed by atoms with van der Waals surface area (Å²) in [5.41, 5.74) is 1.49. The SMILES string of the molecule is CC(=O)C1=C2C[C@@]3(COC(=O)C3)CN2C(c2nccs2)=N[C@H]1c1ccc(F)cc1Cl. The Balaban J connectivity index is 1.70. The molecule has 3 aliphatic rings. The highest BCUT2D eigenvalue weighted by molar-refractivity contribution is 7.11. The predicted molar refractivity (Wildman–Crippen MR) is 110 cm³/mol. The van der Waals surface area contributed by atoms with Gasteiger partial charge in [-0.15, -0.1) is 11.3 Å². The number of benzene rings is 1. The molecule has 2 fully saturated rings. The number of fused-ring (bicyclic) bond motifs is 1. The van der Waals surface area contributed by atoms with Crippen LogP contribution in [0.1, 0.15) is 36.4 Å². The van der Waals surface area contributed by atoms with Gasteiger partial charge in [0.05, 0.1) is 13.0 Å². The Morgan fingerprint density at radius 1 is 1.40 bits per heavy atom. The Kier molecular flexibility index (Phi) is 4.52. The molecule has 0 radical (unpaired) electrons. The Morgan fingerprint density at radius 3 is 2.87 bits per heavy atom. The second-order valence-corrected chi connectivity index (χ2v) is 9.18. The maximum Gasteiger partial charge on any atom is 0.306 e. The van der Waals surface area contributed by atoms with Crippen LogP contribution in [0.15, 0.2) is 46.0 Å². The second-order valence-electron chi connectivity index (χ2n) is 7.88. The number of esters is 1. The Labute approximate surface area is 181 Å². The summed E-state index contributed by atoms with van der Waals surface area (Å²) in [5.74, 6) is -0.189. The first kappa shape index (κ1) is 19.4. The maximum atomic E-state index is 13.7. The lowest BCUT2D eigenvalue weighted by Crippen LogP contribution is -2.36. The molecule has 0 saturated carbocycles. The molecule has 2 saturated heterocycles. The number of carbonyl (C=O) groups excluding carboxylic acids is 2. The minimum Gasteiger partial charge on any atom is -0.465 e. The predicted octanol–water partition coefficient (Wildman–Crippen LogP) is 3.92. The normalized spacial score (nSPS) is 25.6. The molecule has 154 valence electrons. The van der Waals surface area contributed by atoms with Gasteiger partial charge in [-0.2, -0.15) is 0 Å². The molecule has 0 aliphatic carbocycles. The van der Waals surface area contributed by atoms with Crippen LogP contribution in [-0.2, 0) is 14.3 Å². The van der Waals surface area contributed by atoms with Gasteiger partial charge in [0.1, 0.15) is 11.9 Å². The van der Waals surface area contributed by atoms with Gasteiger partial charge in [0.15, 0.2) is 16.6 Å². The van der Waals surface area contributed by atoms with E-state index in [1.54, 1.807) is 12.3 Å². The number of ketones is 1. The van der Waals surface area contributed by atoms with Gasteiger partial charge in [-0.3, -0.25) is 14.6 Å². The summed E-state index contributed by atoms with van der Waals surface area (Å²) in [6.45, 7) is 2.33. The molecule has 0 amide bonds. The Hall–Kier alpha value is -2.58. The number of amidine groups is 1. The zero-order valence-electron chi connectivity index (χ0n) is 16.0. The zero-order valence-corrected chi connectivity index (χ0v) is 17.6. The standard InChI is InChI=1S/C21H17ClFN3O3S/c1-11(27)17-15-7-21(8-16(28)29-10-21)9-26(15)19(20-24-4-5-30-20)25-18(17)13-3-2-12(23)6-14(13)22/h2-6,18H,7-10H2,1H3/t18-,21-/m0/s1. The molecular formula is C21H17ClFN3O3S. The molecule has 0 unspecified atom stereocenters. The van der Waals surface area contributed by atoms with Gasteiger partial charge >= 0.3 is 5.97 Å². The number of cyclic esters (lactones) is 1. The van der Waals surface area contributed by atoms with Crippen molar-refractivity contribution in [1.82, 2.24) is 9.88 Å². The van der Waals surface area contributed by atoms with Crippen LogP contribution in [0.4, 0.5) is 4.39 Å². The average Bonchev–Trinajstić information content (AvgIpc) is 3.41. The quantitative estimate of drug-likeness (QED) is 0.669. The summed E-state index contributed by atoms with van der Waals surface area (Å²) in [6, 6.07) is 3.43. The van der Waals surface area contributed by atoms with Crippen molar-refractivity contribution in [1.29, 1.82) is 0 Å². The fraction of sp³-hybridized carbons (Fsp3) is 0.333. The molecule has 1 aromatic carbocycles. The summed E-state index contributed by atoms with van der Waals surface area (Å²) >= 11 is 7.79. The van der Waals surface area contributed by atoms with Crippen molar-refractivity contribution in [3.8, 4) is 0 Å². The number of carbonyl (C=O) groups is 2. The first-order chi connectivity index (χ1) is 14.4. The summed E-state index contributed by atoms with van der Waals surface area (Å²) in [7, 11) is 0. The summed E-state index contributed by atoms with van der Waals surface area (Å²) in [6.07, 6.45) is 2.51. The van der Waals surface area contributed by atoms with Crippen molar-refractivity contribution < 1.29 is 18.7 Å². The van der Waals surface area contributed by atoms with E-state index >= 15 is 0 Å². The first-order valence-corrected chi connectivity index (χ1v) is 10.7. The van der Waals surface area contributed by atoms with Crippen molar-refractivity contribution in [3.63, 3.8) is 0 Å². The third-order valence-electron chi connectivity index (χ3n) is 5.77. The Bertz CT molecular complexity index is 1130. The topological polar surface area (TPSA) is 71.9 Å². The monoisotopic (exact) mass is 445 g/mol. The molecule has 30 heavy (non-hydrogen) atoms. The zero-order chi connectivity index (χ0) is 21.0. The van der Waals surface area contributed by atoms with E-state index in [9.17, 15) is 14.0 Å². The van der Waals surface area contributed by atoms with Crippen molar-refractivity contribution in [2.75, 3.05) is 13.2 Å². The lowest BCUT2D eigenvalue weighted by atomic mass is 9.84. The van der Waals surface area contributed by atoms with Gasteiger partial charge in [-0.05, 0) is 25.5 Å². The molecular weight excluding hydrogens is 429 g/mol. The molecule has 0 N–H and O–H groups in total. The fourth-order valence-corrected chi connectivity index (χ4v) is 5.41. The molecule has 4 heterocycles. The maximum absolute atomic E-state index is 13.7. The minimum absolute atomic E-state index is 0.135. The molecule has 2 atom stereocenters. The van der Waals surface area contributed by atoms with E-state index in [0.29, 0.717) is 48.0 Å². The van der Waals surface area contributed by atoms with Crippen LogP contribution in [0.25, 0.3) is 0 Å². The highest BCUT2D eigenvalue weighted by Crippen LogP contribution is 2.50. The number of halogens is 2. The molecule has 6 nitrogen and oxygen atoms in total. The van der Waals surface area contributed by atoms with Crippen molar-refractivity contribution >= 4 is 40.5 Å². The molecule has 9 heteroatoms. The molecule has 1 spiro atoms. The highest BCUT2D eigenvalue weighted by Gasteiger charge is 2.52. The van der Waals surface area contributed by atoms with E-state index in [4.69, 9.17) is 21.3 Å². The lowest BCUT2D eigenvalue weighted by molar-refractivity contribution is -0.137. The smallest absolute Gasteiger partial charge is 0.306 e. The summed E-state index contributed by atoms with van der Waals surface area (Å²) in [4.78, 5) is 35.9. The van der Waals surface area contributed by atoms with Crippen LogP contribution in [-0.4, -0.2) is 40.6 Å². The van der Waals surface area contributed by atoms with E-state index < -0.39 is 17.3 Å². The first-order valence-electron chi connectivity index (χ1n) is 9.47. The van der Waals surface area contributed by atoms with Crippen LogP contribution in [0.5, 0.6) is 0 Å². The molecule has 0 bridgehead atoms. The summed E-state index contributed by atoms with van der Waals surface area (Å²) < 4.78 is 18.9. The minimum atomic E-state index is -0.672. The van der Waals surface area contributed by atoms with E-state index in [-0.39, 0.29) is 16.8 Å². The third kappa shape index (κ3) is 3.06. The van der Waals surface area contributed by atoms with E-state index in [1.807, 2.05) is 10.3 Å². The number of aliphatic imine (C=N–C) groups is 1. The van der Waals surface area contributed by atoms with Crippen molar-refractivity contribution in [2.45, 2.75) is 25.8 Å². The Morgan fingerprint density at radius 2 is 2.23 bits per heavy atom. The van der Waals surface area contributed by atoms with Gasteiger partial charge in [0, 0.05) is 45.4 Å². The number of hydrogen-bond acceptors (Lipinski definition) is 7. The van der Waals surface area contributed by atoms with Gasteiger partial charge in [0.2, 0.25) is 0 Å². The van der Waals surface area contributed by atoms with Crippen LogP contribution in [0.2, 0.25) is 5.02 Å². The number of aromatic nitrogens is 1. The number of hydrogen-bond donors (Lipinski definition) is 0. The van der Waals surface area contributed by atoms with Crippen molar-refractivity contribution in [2.24, 2.45) is 10.4 Å². The van der Waals surface area contributed by atoms with Crippen LogP contribution in [0.3, 0.4) is 0 Å². The van der Waals surface area contributed by atoms with Gasteiger partial charge in [-0.1, -0.05) is 17.7 Å². The number of rotatable bonds is 3. The number of nitrogens with zero attached hydrogens (tertiary/aromatic N) is 3. The summed E-state index contributed by atoms with van der Waals surface area (Å²) in [5, 5.41) is 2.78. The number of Topliss-reactive ketones (excluding diaryl/α,β-unsaturated/α-hetero) is 1. The van der Waals surface area contributed by atoms with Crippen LogP contribution < -0.4 is 0 Å². The largest absolute Gasteiger partial charge is 0.465 e. The van der Waals surface area contributed by atoms with Crippen molar-refractivity contribution in [3.05, 3.63) is 62.5 Å².